The monoisotopic (exact) mass is 591 g/mol. The van der Waals surface area contributed by atoms with Gasteiger partial charge in [0.1, 0.15) is 17.5 Å². The molecule has 1 aliphatic heterocycles. The molecule has 42 heavy (non-hydrogen) atoms. The van der Waals surface area contributed by atoms with Crippen LogP contribution in [0.25, 0.3) is 0 Å². The van der Waals surface area contributed by atoms with Gasteiger partial charge in [-0.2, -0.15) is 8.42 Å². The summed E-state index contributed by atoms with van der Waals surface area (Å²) >= 11 is 0. The van der Waals surface area contributed by atoms with Crippen molar-refractivity contribution in [3.8, 4) is 0 Å². The van der Waals surface area contributed by atoms with Crippen LogP contribution in [0.3, 0.4) is 0 Å². The van der Waals surface area contributed by atoms with Gasteiger partial charge in [0.25, 0.3) is 16.0 Å². The number of rotatable bonds is 10. The van der Waals surface area contributed by atoms with Crippen molar-refractivity contribution >= 4 is 22.0 Å². The van der Waals surface area contributed by atoms with Crippen molar-refractivity contribution in [2.24, 2.45) is 0 Å². The molecule has 0 bridgehead atoms. The van der Waals surface area contributed by atoms with Crippen molar-refractivity contribution in [2.45, 2.75) is 89.4 Å². The van der Waals surface area contributed by atoms with E-state index in [1.54, 1.807) is 30.3 Å². The highest BCUT2D eigenvalue weighted by Crippen LogP contribution is 2.37. The third-order valence-corrected chi connectivity index (χ3v) is 9.13. The molecule has 1 heterocycles. The van der Waals surface area contributed by atoms with E-state index in [1.807, 2.05) is 70.2 Å². The molecule has 3 aromatic rings. The number of likely N-dealkylation sites (tertiary alicyclic amines) is 1. The lowest BCUT2D eigenvalue weighted by molar-refractivity contribution is -0.149. The van der Waals surface area contributed by atoms with Gasteiger partial charge in [-0.15, -0.1) is 0 Å². The first kappa shape index (κ1) is 31.4. The third-order valence-electron chi connectivity index (χ3n) is 7.63. The zero-order valence-electron chi connectivity index (χ0n) is 25.2. The summed E-state index contributed by atoms with van der Waals surface area (Å²) < 4.78 is 39.5. The largest absolute Gasteiger partial charge is 0.459 e. The van der Waals surface area contributed by atoms with Gasteiger partial charge in [0.15, 0.2) is 0 Å². The van der Waals surface area contributed by atoms with Crippen LogP contribution in [0.4, 0.5) is 0 Å². The van der Waals surface area contributed by atoms with Crippen molar-refractivity contribution < 1.29 is 26.9 Å². The van der Waals surface area contributed by atoms with E-state index in [-0.39, 0.29) is 48.1 Å². The minimum Gasteiger partial charge on any atom is -0.459 e. The van der Waals surface area contributed by atoms with Crippen LogP contribution in [0.5, 0.6) is 0 Å². The van der Waals surface area contributed by atoms with E-state index in [0.29, 0.717) is 16.7 Å². The van der Waals surface area contributed by atoms with E-state index in [0.717, 1.165) is 11.1 Å². The van der Waals surface area contributed by atoms with Crippen LogP contribution in [0.1, 0.15) is 98.3 Å². The molecule has 1 aliphatic rings. The number of amides is 1. The number of benzene rings is 3. The molecule has 0 saturated carbocycles. The maximum atomic E-state index is 14.0. The first-order chi connectivity index (χ1) is 19.9. The molecule has 0 aromatic heterocycles. The Balaban J connectivity index is 1.65. The van der Waals surface area contributed by atoms with Crippen molar-refractivity contribution in [1.82, 2.24) is 4.90 Å². The predicted octanol–water partition coefficient (Wildman–Crippen LogP) is 6.79. The summed E-state index contributed by atoms with van der Waals surface area (Å²) in [5.74, 6) is -0.871. The first-order valence-electron chi connectivity index (χ1n) is 14.6. The number of hydrogen-bond acceptors (Lipinski definition) is 6. The fraction of sp³-hybridized carbons (Fsp3) is 0.412. The summed E-state index contributed by atoms with van der Waals surface area (Å²) in [6.45, 7) is 12.0. The second kappa shape index (κ2) is 13.2. The Labute approximate surface area is 250 Å². The average molecular weight is 592 g/mol. The molecule has 4 rings (SSSR count). The van der Waals surface area contributed by atoms with Crippen molar-refractivity contribution in [3.05, 3.63) is 101 Å². The Morgan fingerprint density at radius 1 is 0.833 bits per heavy atom. The molecule has 224 valence electrons. The number of carbonyl (C=O) groups is 2. The molecule has 0 unspecified atom stereocenters. The van der Waals surface area contributed by atoms with Crippen LogP contribution in [0, 0.1) is 0 Å². The highest BCUT2D eigenvalue weighted by Gasteiger charge is 2.44. The SMILES string of the molecule is CC(C)c1cc(C(C)C)c(S(=O)(=O)O[C@H]2C[C@@H](C(=O)OCc3ccccc3)N(C(=O)c3ccccc3)C2)c(C(C)C)c1. The lowest BCUT2D eigenvalue weighted by Crippen LogP contribution is -2.41. The van der Waals surface area contributed by atoms with Crippen molar-refractivity contribution in [3.63, 3.8) is 0 Å². The number of esters is 1. The predicted molar refractivity (Wildman–Crippen MR) is 163 cm³/mol. The van der Waals surface area contributed by atoms with Gasteiger partial charge < -0.3 is 9.64 Å². The molecule has 0 aliphatic carbocycles. The number of ether oxygens (including phenoxy) is 1. The van der Waals surface area contributed by atoms with E-state index in [4.69, 9.17) is 8.92 Å². The molecular weight excluding hydrogens is 550 g/mol. The fourth-order valence-electron chi connectivity index (χ4n) is 5.29. The Morgan fingerprint density at radius 2 is 1.38 bits per heavy atom. The smallest absolute Gasteiger partial charge is 0.329 e. The Bertz CT molecular complexity index is 1470. The normalized spacial score (nSPS) is 17.3. The van der Waals surface area contributed by atoms with Gasteiger partial charge in [-0.3, -0.25) is 8.98 Å². The standard InChI is InChI=1S/C34H41NO6S/c1-22(2)27-17-29(23(3)4)32(30(18-27)24(5)6)42(38,39)41-28-19-31(34(37)40-21-25-13-9-7-10-14-25)35(20-28)33(36)26-15-11-8-12-16-26/h7-18,22-24,28,31H,19-21H2,1-6H3/t28-,31-/m0/s1. The zero-order chi connectivity index (χ0) is 30.6. The Morgan fingerprint density at radius 3 is 1.90 bits per heavy atom. The summed E-state index contributed by atoms with van der Waals surface area (Å²) in [6.07, 6.45) is -0.912. The summed E-state index contributed by atoms with van der Waals surface area (Å²) in [7, 11) is -4.25. The quantitative estimate of drug-likeness (QED) is 0.191. The molecule has 8 heteroatoms. The van der Waals surface area contributed by atoms with Gasteiger partial charge in [-0.05, 0) is 52.1 Å². The molecule has 7 nitrogen and oxygen atoms in total. The molecule has 0 N–H and O–H groups in total. The lowest BCUT2D eigenvalue weighted by Gasteiger charge is -2.24. The van der Waals surface area contributed by atoms with Crippen molar-refractivity contribution in [2.75, 3.05) is 6.54 Å². The molecule has 1 saturated heterocycles. The van der Waals surface area contributed by atoms with Crippen LogP contribution >= 0.6 is 0 Å². The summed E-state index contributed by atoms with van der Waals surface area (Å²) in [4.78, 5) is 28.4. The lowest BCUT2D eigenvalue weighted by atomic mass is 9.89. The minimum absolute atomic E-state index is 0.00350. The van der Waals surface area contributed by atoms with Gasteiger partial charge in [0.05, 0.1) is 6.10 Å². The second-order valence-corrected chi connectivity index (χ2v) is 13.3. The first-order valence-corrected chi connectivity index (χ1v) is 16.0. The van der Waals surface area contributed by atoms with Gasteiger partial charge >= 0.3 is 5.97 Å². The van der Waals surface area contributed by atoms with Crippen LogP contribution in [0.15, 0.2) is 77.7 Å². The summed E-state index contributed by atoms with van der Waals surface area (Å²) in [5.41, 5.74) is 3.70. The van der Waals surface area contributed by atoms with Gasteiger partial charge in [-0.25, -0.2) is 4.79 Å². The number of hydrogen-bond donors (Lipinski definition) is 0. The maximum Gasteiger partial charge on any atom is 0.329 e. The topological polar surface area (TPSA) is 90.0 Å². The third kappa shape index (κ3) is 7.10. The highest BCUT2D eigenvalue weighted by molar-refractivity contribution is 7.86. The highest BCUT2D eigenvalue weighted by atomic mass is 32.2. The molecule has 0 radical (unpaired) electrons. The molecule has 1 amide bonds. The van der Waals surface area contributed by atoms with Crippen LogP contribution in [0.2, 0.25) is 0 Å². The Kier molecular flexibility index (Phi) is 9.89. The second-order valence-electron chi connectivity index (χ2n) is 11.8. The van der Waals surface area contributed by atoms with Crippen molar-refractivity contribution in [1.29, 1.82) is 0 Å². The maximum absolute atomic E-state index is 14.0. The van der Waals surface area contributed by atoms with E-state index in [1.165, 1.54) is 4.90 Å². The number of carbonyl (C=O) groups excluding carboxylic acids is 2. The zero-order valence-corrected chi connectivity index (χ0v) is 26.1. The molecular formula is C34H41NO6S. The summed E-state index contributed by atoms with van der Waals surface area (Å²) in [5, 5.41) is 0. The van der Waals surface area contributed by atoms with E-state index < -0.39 is 28.2 Å². The number of nitrogens with zero attached hydrogens (tertiary/aromatic N) is 1. The van der Waals surface area contributed by atoms with Crippen LogP contribution in [-0.4, -0.2) is 43.9 Å². The van der Waals surface area contributed by atoms with Gasteiger partial charge in [0.2, 0.25) is 0 Å². The van der Waals surface area contributed by atoms with E-state index >= 15 is 0 Å². The Hall–Kier alpha value is -3.49. The van der Waals surface area contributed by atoms with E-state index in [9.17, 15) is 18.0 Å². The fourth-order valence-corrected chi connectivity index (χ4v) is 7.05. The molecule has 2 atom stereocenters. The van der Waals surface area contributed by atoms with Gasteiger partial charge in [-0.1, -0.05) is 102 Å². The van der Waals surface area contributed by atoms with E-state index in [2.05, 4.69) is 13.8 Å². The summed E-state index contributed by atoms with van der Waals surface area (Å²) in [6, 6.07) is 20.8. The van der Waals surface area contributed by atoms with Gasteiger partial charge in [0, 0.05) is 18.5 Å². The molecule has 0 spiro atoms. The van der Waals surface area contributed by atoms with Crippen LogP contribution in [-0.2, 0) is 30.4 Å². The average Bonchev–Trinajstić information content (AvgIpc) is 3.38. The minimum atomic E-state index is -4.25. The van der Waals surface area contributed by atoms with Crippen LogP contribution < -0.4 is 0 Å². The molecule has 3 aromatic carbocycles. The molecule has 1 fully saturated rings.